The maximum Gasteiger partial charge on any atom is 0.129 e. The maximum atomic E-state index is 9.81. The van der Waals surface area contributed by atoms with Gasteiger partial charge in [0.15, 0.2) is 0 Å². The van der Waals surface area contributed by atoms with Crippen molar-refractivity contribution >= 4 is 5.78 Å². The summed E-state index contributed by atoms with van der Waals surface area (Å²) in [5.74, 6) is 0.255. The van der Waals surface area contributed by atoms with Crippen LogP contribution in [0.2, 0.25) is 0 Å². The molecule has 0 spiro atoms. The van der Waals surface area contributed by atoms with Crippen LogP contribution in [-0.4, -0.2) is 20.0 Å². The quantitative estimate of drug-likeness (QED) is 0.420. The van der Waals surface area contributed by atoms with E-state index in [0.29, 0.717) is 6.42 Å². The molecular formula is C6H14O3. The van der Waals surface area contributed by atoms with Crippen molar-refractivity contribution in [2.24, 2.45) is 0 Å². The van der Waals surface area contributed by atoms with Crippen molar-refractivity contribution < 1.29 is 14.6 Å². The highest BCUT2D eigenvalue weighted by Gasteiger charge is 1.76. The summed E-state index contributed by atoms with van der Waals surface area (Å²) in [6.07, 6.45) is 0.667. The molecule has 0 fully saturated rings. The van der Waals surface area contributed by atoms with Crippen LogP contribution >= 0.6 is 0 Å². The lowest BCUT2D eigenvalue weighted by Crippen LogP contribution is -1.80. The Balaban J connectivity index is 0. The second kappa shape index (κ2) is 10.5. The molecule has 9 heavy (non-hydrogen) atoms. The van der Waals surface area contributed by atoms with E-state index in [9.17, 15) is 4.79 Å². The molecule has 0 rings (SSSR count). The van der Waals surface area contributed by atoms with Crippen LogP contribution in [-0.2, 0) is 14.6 Å². The molecule has 0 amide bonds. The molecule has 0 unspecified atom stereocenters. The monoisotopic (exact) mass is 134 g/mol. The maximum absolute atomic E-state index is 9.81. The number of carbonyl (C=O) groups is 1. The molecule has 0 saturated heterocycles. The third kappa shape index (κ3) is 35.4. The minimum absolute atomic E-state index is 0.255. The molecule has 0 bridgehead atoms. The van der Waals surface area contributed by atoms with Gasteiger partial charge in [-0.3, -0.25) is 0 Å². The first-order valence-electron chi connectivity index (χ1n) is 2.75. The Labute approximate surface area is 55.9 Å². The van der Waals surface area contributed by atoms with E-state index in [4.69, 9.17) is 0 Å². The fourth-order valence-corrected chi connectivity index (χ4v) is 0. The van der Waals surface area contributed by atoms with Crippen LogP contribution in [0.3, 0.4) is 0 Å². The summed E-state index contributed by atoms with van der Waals surface area (Å²) in [5, 5.41) is 0. The summed E-state index contributed by atoms with van der Waals surface area (Å²) in [7, 11) is 2.92. The highest BCUT2D eigenvalue weighted by molar-refractivity contribution is 5.74. The van der Waals surface area contributed by atoms with Gasteiger partial charge in [0.05, 0.1) is 14.2 Å². The number of carbonyl (C=O) groups excluding carboxylic acids is 1. The minimum atomic E-state index is 0.255. The lowest BCUT2D eigenvalue weighted by atomic mass is 10.4. The van der Waals surface area contributed by atoms with Gasteiger partial charge in [-0.2, -0.15) is 0 Å². The molecular weight excluding hydrogens is 120 g/mol. The van der Waals surface area contributed by atoms with Crippen LogP contribution in [0, 0.1) is 0 Å². The molecule has 0 aliphatic rings. The highest BCUT2D eigenvalue weighted by atomic mass is 17.2. The third-order valence-electron chi connectivity index (χ3n) is 0.665. The van der Waals surface area contributed by atoms with Crippen LogP contribution in [0.25, 0.3) is 0 Å². The second-order valence-electron chi connectivity index (χ2n) is 1.39. The standard InChI is InChI=1S/C4H8O.C2H6O2/c1-3-4(2)5;1-3-4-2/h3H2,1-2H3;1-2H3. The average molecular weight is 134 g/mol. The van der Waals surface area contributed by atoms with Gasteiger partial charge in [0.2, 0.25) is 0 Å². The Kier molecular flexibility index (Phi) is 13.4. The van der Waals surface area contributed by atoms with Crippen molar-refractivity contribution in [2.75, 3.05) is 14.2 Å². The van der Waals surface area contributed by atoms with Crippen molar-refractivity contribution in [1.82, 2.24) is 0 Å². The molecule has 3 nitrogen and oxygen atoms in total. The van der Waals surface area contributed by atoms with Crippen molar-refractivity contribution in [3.8, 4) is 0 Å². The van der Waals surface area contributed by atoms with E-state index in [0.717, 1.165) is 0 Å². The second-order valence-corrected chi connectivity index (χ2v) is 1.39. The smallest absolute Gasteiger partial charge is 0.129 e. The zero-order valence-electron chi connectivity index (χ0n) is 6.43. The summed E-state index contributed by atoms with van der Waals surface area (Å²) in [4.78, 5) is 17.9. The van der Waals surface area contributed by atoms with E-state index in [1.807, 2.05) is 6.92 Å². The number of Topliss-reactive ketones (excluding diaryl/α,β-unsaturated/α-hetero) is 1. The largest absolute Gasteiger partial charge is 0.300 e. The average Bonchev–Trinajstić information content (AvgIpc) is 1.89. The van der Waals surface area contributed by atoms with Gasteiger partial charge in [0.25, 0.3) is 0 Å². The van der Waals surface area contributed by atoms with Gasteiger partial charge in [-0.15, -0.1) is 0 Å². The van der Waals surface area contributed by atoms with Gasteiger partial charge < -0.3 is 4.79 Å². The fourth-order valence-electron chi connectivity index (χ4n) is 0. The van der Waals surface area contributed by atoms with Crippen LogP contribution in [0.1, 0.15) is 20.3 Å². The lowest BCUT2D eigenvalue weighted by Gasteiger charge is -1.78. The van der Waals surface area contributed by atoms with Crippen LogP contribution in [0.4, 0.5) is 0 Å². The third-order valence-corrected chi connectivity index (χ3v) is 0.665. The molecule has 0 aliphatic carbocycles. The van der Waals surface area contributed by atoms with E-state index in [1.165, 1.54) is 14.2 Å². The van der Waals surface area contributed by atoms with E-state index < -0.39 is 0 Å². The van der Waals surface area contributed by atoms with E-state index in [1.54, 1.807) is 6.92 Å². The van der Waals surface area contributed by atoms with Gasteiger partial charge in [-0.05, 0) is 6.92 Å². The molecule has 0 atom stereocenters. The van der Waals surface area contributed by atoms with Crippen molar-refractivity contribution in [3.05, 3.63) is 0 Å². The zero-order chi connectivity index (χ0) is 7.70. The summed E-state index contributed by atoms with van der Waals surface area (Å²) in [5.41, 5.74) is 0. The van der Waals surface area contributed by atoms with Gasteiger partial charge >= 0.3 is 0 Å². The summed E-state index contributed by atoms with van der Waals surface area (Å²) < 4.78 is 0. The van der Waals surface area contributed by atoms with Crippen molar-refractivity contribution in [2.45, 2.75) is 20.3 Å². The Morgan fingerprint density at radius 2 is 1.56 bits per heavy atom. The predicted octanol–water partition coefficient (Wildman–Crippen LogP) is 1.18. The molecule has 0 heterocycles. The predicted molar refractivity (Wildman–Crippen MR) is 35.0 cm³/mol. The van der Waals surface area contributed by atoms with Crippen LogP contribution in [0.15, 0.2) is 0 Å². The Hall–Kier alpha value is -0.410. The topological polar surface area (TPSA) is 35.5 Å². The molecule has 0 aromatic carbocycles. The number of ketones is 1. The van der Waals surface area contributed by atoms with E-state index in [-0.39, 0.29) is 5.78 Å². The van der Waals surface area contributed by atoms with E-state index in [2.05, 4.69) is 9.78 Å². The summed E-state index contributed by atoms with van der Waals surface area (Å²) in [6, 6.07) is 0. The molecule has 0 aliphatic heterocycles. The molecule has 0 saturated carbocycles. The molecule has 0 aromatic heterocycles. The molecule has 3 heteroatoms. The zero-order valence-corrected chi connectivity index (χ0v) is 6.43. The molecule has 0 radical (unpaired) electrons. The van der Waals surface area contributed by atoms with Gasteiger partial charge in [0, 0.05) is 6.42 Å². The van der Waals surface area contributed by atoms with Crippen LogP contribution in [0.5, 0.6) is 0 Å². The first kappa shape index (κ1) is 11.4. The first-order chi connectivity index (χ1) is 4.18. The molecule has 0 N–H and O–H groups in total. The Morgan fingerprint density at radius 1 is 1.33 bits per heavy atom. The molecule has 56 valence electrons. The number of hydrogen-bond donors (Lipinski definition) is 0. The summed E-state index contributed by atoms with van der Waals surface area (Å²) in [6.45, 7) is 3.43. The SMILES string of the molecule is CCC(C)=O.COOC. The normalized spacial score (nSPS) is 7.56. The lowest BCUT2D eigenvalue weighted by molar-refractivity contribution is -0.248. The van der Waals surface area contributed by atoms with Crippen LogP contribution < -0.4 is 0 Å². The summed E-state index contributed by atoms with van der Waals surface area (Å²) >= 11 is 0. The Bertz CT molecular complexity index is 59.3. The fraction of sp³-hybridized carbons (Fsp3) is 0.833. The van der Waals surface area contributed by atoms with Crippen molar-refractivity contribution in [1.29, 1.82) is 0 Å². The highest BCUT2D eigenvalue weighted by Crippen LogP contribution is 1.71. The van der Waals surface area contributed by atoms with Crippen molar-refractivity contribution in [3.63, 3.8) is 0 Å². The molecule has 0 aromatic rings. The minimum Gasteiger partial charge on any atom is -0.300 e. The van der Waals surface area contributed by atoms with Gasteiger partial charge in [-0.25, -0.2) is 9.78 Å². The Morgan fingerprint density at radius 3 is 1.56 bits per heavy atom. The first-order valence-corrected chi connectivity index (χ1v) is 2.75. The van der Waals surface area contributed by atoms with Gasteiger partial charge in [0.1, 0.15) is 5.78 Å². The van der Waals surface area contributed by atoms with Gasteiger partial charge in [-0.1, -0.05) is 6.92 Å². The van der Waals surface area contributed by atoms with E-state index >= 15 is 0 Å². The number of hydrogen-bond acceptors (Lipinski definition) is 3. The number of rotatable bonds is 2.